The van der Waals surface area contributed by atoms with E-state index in [2.05, 4.69) is 71.8 Å². The highest BCUT2D eigenvalue weighted by Crippen LogP contribution is 2.27. The van der Waals surface area contributed by atoms with E-state index in [4.69, 9.17) is 0 Å². The van der Waals surface area contributed by atoms with Crippen LogP contribution in [0.1, 0.15) is 23.6 Å². The summed E-state index contributed by atoms with van der Waals surface area (Å²) in [4.78, 5) is 4.59. The minimum atomic E-state index is 0.825. The summed E-state index contributed by atoms with van der Waals surface area (Å²) in [5.41, 5.74) is 8.63. The molecule has 1 aromatic heterocycles. The first-order valence-corrected chi connectivity index (χ1v) is 7.68. The predicted molar refractivity (Wildman–Crippen MR) is 91.4 cm³/mol. The van der Waals surface area contributed by atoms with Gasteiger partial charge in [0.2, 0.25) is 5.13 Å². The Labute approximate surface area is 128 Å². The van der Waals surface area contributed by atoms with Gasteiger partial charge in [0.15, 0.2) is 0 Å². The second-order valence-corrected chi connectivity index (χ2v) is 6.15. The standard InChI is InChI=1S/C17H17N3S/c1-11-7-9-14(10-8-11)13(3)19-20-17-18-16-12(2)5-4-6-15(16)21-17/h4-10H,1-3H3,(H,18,20)/b19-13+. The Kier molecular flexibility index (Phi) is 3.71. The summed E-state index contributed by atoms with van der Waals surface area (Å²) in [6, 6.07) is 14.6. The van der Waals surface area contributed by atoms with Gasteiger partial charge in [-0.05, 0) is 38.0 Å². The second kappa shape index (κ2) is 5.66. The SMILES string of the molecule is C/C(=N\Nc1nc2c(C)cccc2s1)c1ccc(C)cc1. The van der Waals surface area contributed by atoms with Crippen LogP contribution >= 0.6 is 11.3 Å². The number of nitrogens with one attached hydrogen (secondary N) is 1. The zero-order chi connectivity index (χ0) is 14.8. The molecule has 1 N–H and O–H groups in total. The minimum absolute atomic E-state index is 0.825. The van der Waals surface area contributed by atoms with Gasteiger partial charge in [0, 0.05) is 0 Å². The van der Waals surface area contributed by atoms with E-state index in [-0.39, 0.29) is 0 Å². The van der Waals surface area contributed by atoms with Gasteiger partial charge in [-0.3, -0.25) is 5.43 Å². The molecule has 2 aromatic carbocycles. The molecule has 21 heavy (non-hydrogen) atoms. The maximum atomic E-state index is 4.59. The summed E-state index contributed by atoms with van der Waals surface area (Å²) in [5.74, 6) is 0. The molecule has 1 heterocycles. The third-order valence-corrected chi connectivity index (χ3v) is 4.33. The van der Waals surface area contributed by atoms with Gasteiger partial charge in [-0.25, -0.2) is 4.98 Å². The third-order valence-electron chi connectivity index (χ3n) is 3.41. The maximum Gasteiger partial charge on any atom is 0.204 e. The lowest BCUT2D eigenvalue weighted by Gasteiger charge is -2.01. The molecule has 106 valence electrons. The van der Waals surface area contributed by atoms with Crippen molar-refractivity contribution >= 4 is 32.4 Å². The fourth-order valence-electron chi connectivity index (χ4n) is 2.13. The highest BCUT2D eigenvalue weighted by Gasteiger charge is 2.05. The number of fused-ring (bicyclic) bond motifs is 1. The van der Waals surface area contributed by atoms with E-state index < -0.39 is 0 Å². The summed E-state index contributed by atoms with van der Waals surface area (Å²) in [5, 5.41) is 5.26. The summed E-state index contributed by atoms with van der Waals surface area (Å²) < 4.78 is 1.18. The lowest BCUT2D eigenvalue weighted by Crippen LogP contribution is -1.99. The number of rotatable bonds is 3. The van der Waals surface area contributed by atoms with Crippen LogP contribution in [0.2, 0.25) is 0 Å². The first-order chi connectivity index (χ1) is 10.1. The van der Waals surface area contributed by atoms with E-state index in [0.29, 0.717) is 0 Å². The van der Waals surface area contributed by atoms with Gasteiger partial charge < -0.3 is 0 Å². The molecule has 0 fully saturated rings. The van der Waals surface area contributed by atoms with E-state index in [1.54, 1.807) is 11.3 Å². The van der Waals surface area contributed by atoms with Crippen molar-refractivity contribution in [2.24, 2.45) is 5.10 Å². The molecule has 3 aromatic rings. The van der Waals surface area contributed by atoms with Crippen LogP contribution in [-0.2, 0) is 0 Å². The lowest BCUT2D eigenvalue weighted by molar-refractivity contribution is 1.28. The van der Waals surface area contributed by atoms with Crippen LogP contribution in [0.15, 0.2) is 47.6 Å². The van der Waals surface area contributed by atoms with Crippen LogP contribution in [0.25, 0.3) is 10.2 Å². The van der Waals surface area contributed by atoms with Gasteiger partial charge >= 0.3 is 0 Å². The van der Waals surface area contributed by atoms with Gasteiger partial charge in [-0.1, -0.05) is 53.3 Å². The van der Waals surface area contributed by atoms with Gasteiger partial charge in [-0.15, -0.1) is 0 Å². The molecule has 0 amide bonds. The number of anilines is 1. The summed E-state index contributed by atoms with van der Waals surface area (Å²) in [7, 11) is 0. The van der Waals surface area contributed by atoms with E-state index in [9.17, 15) is 0 Å². The Morgan fingerprint density at radius 3 is 2.57 bits per heavy atom. The molecular weight excluding hydrogens is 278 g/mol. The van der Waals surface area contributed by atoms with Crippen molar-refractivity contribution in [2.75, 3.05) is 5.43 Å². The van der Waals surface area contributed by atoms with E-state index in [1.807, 2.05) is 6.92 Å². The summed E-state index contributed by atoms with van der Waals surface area (Å²) in [6.07, 6.45) is 0. The highest BCUT2D eigenvalue weighted by atomic mass is 32.1. The number of thiazole rings is 1. The molecule has 0 aliphatic heterocycles. The third kappa shape index (κ3) is 2.95. The fourth-order valence-corrected chi connectivity index (χ4v) is 3.01. The Bertz CT molecular complexity index is 801. The monoisotopic (exact) mass is 295 g/mol. The van der Waals surface area contributed by atoms with Crippen LogP contribution < -0.4 is 5.43 Å². The van der Waals surface area contributed by atoms with Gasteiger partial charge in [0.25, 0.3) is 0 Å². The molecule has 0 spiro atoms. The van der Waals surface area contributed by atoms with Crippen molar-refractivity contribution in [1.82, 2.24) is 4.98 Å². The second-order valence-electron chi connectivity index (χ2n) is 5.12. The minimum Gasteiger partial charge on any atom is -0.252 e. The number of aromatic nitrogens is 1. The zero-order valence-electron chi connectivity index (χ0n) is 12.3. The number of hydrogen-bond donors (Lipinski definition) is 1. The first-order valence-electron chi connectivity index (χ1n) is 6.87. The van der Waals surface area contributed by atoms with Crippen molar-refractivity contribution in [3.8, 4) is 0 Å². The number of benzene rings is 2. The van der Waals surface area contributed by atoms with E-state index in [0.717, 1.165) is 21.9 Å². The average Bonchev–Trinajstić information content (AvgIpc) is 2.90. The Morgan fingerprint density at radius 1 is 1.10 bits per heavy atom. The molecule has 0 bridgehead atoms. The van der Waals surface area contributed by atoms with Crippen LogP contribution in [0.4, 0.5) is 5.13 Å². The quantitative estimate of drug-likeness (QED) is 0.559. The van der Waals surface area contributed by atoms with Crippen LogP contribution in [0.5, 0.6) is 0 Å². The Balaban J connectivity index is 1.83. The zero-order valence-corrected chi connectivity index (χ0v) is 13.2. The first kappa shape index (κ1) is 13.8. The number of hydrogen-bond acceptors (Lipinski definition) is 4. The van der Waals surface area contributed by atoms with Crippen LogP contribution in [0, 0.1) is 13.8 Å². The Hall–Kier alpha value is -2.20. The van der Waals surface area contributed by atoms with Gasteiger partial charge in [0.1, 0.15) is 0 Å². The molecule has 0 saturated heterocycles. The van der Waals surface area contributed by atoms with Gasteiger partial charge in [-0.2, -0.15) is 5.10 Å². The molecule has 0 unspecified atom stereocenters. The van der Waals surface area contributed by atoms with Crippen molar-refractivity contribution in [1.29, 1.82) is 0 Å². The highest BCUT2D eigenvalue weighted by molar-refractivity contribution is 7.22. The number of hydrazone groups is 1. The molecule has 0 aliphatic rings. The fraction of sp³-hybridized carbons (Fsp3) is 0.176. The molecule has 0 atom stereocenters. The molecule has 0 saturated carbocycles. The van der Waals surface area contributed by atoms with Crippen LogP contribution in [0.3, 0.4) is 0 Å². The maximum absolute atomic E-state index is 4.59. The van der Waals surface area contributed by atoms with Crippen molar-refractivity contribution < 1.29 is 0 Å². The smallest absolute Gasteiger partial charge is 0.204 e. The number of para-hydroxylation sites is 1. The Morgan fingerprint density at radius 2 is 1.86 bits per heavy atom. The predicted octanol–water partition coefficient (Wildman–Crippen LogP) is 4.75. The van der Waals surface area contributed by atoms with Crippen molar-refractivity contribution in [2.45, 2.75) is 20.8 Å². The number of aryl methyl sites for hydroxylation is 2. The van der Waals surface area contributed by atoms with Gasteiger partial charge in [0.05, 0.1) is 15.9 Å². The molecule has 3 nitrogen and oxygen atoms in total. The molecule has 0 radical (unpaired) electrons. The summed E-state index contributed by atoms with van der Waals surface area (Å²) in [6.45, 7) is 6.15. The molecule has 3 rings (SSSR count). The van der Waals surface area contributed by atoms with Crippen molar-refractivity contribution in [3.63, 3.8) is 0 Å². The summed E-state index contributed by atoms with van der Waals surface area (Å²) >= 11 is 1.62. The largest absolute Gasteiger partial charge is 0.252 e. The van der Waals surface area contributed by atoms with Crippen LogP contribution in [-0.4, -0.2) is 10.7 Å². The van der Waals surface area contributed by atoms with Crippen molar-refractivity contribution in [3.05, 3.63) is 59.2 Å². The lowest BCUT2D eigenvalue weighted by atomic mass is 10.1. The van der Waals surface area contributed by atoms with E-state index >= 15 is 0 Å². The molecular formula is C17H17N3S. The molecule has 4 heteroatoms. The topological polar surface area (TPSA) is 37.3 Å². The van der Waals surface area contributed by atoms with E-state index in [1.165, 1.54) is 15.8 Å². The normalized spacial score (nSPS) is 11.9. The average molecular weight is 295 g/mol. The molecule has 0 aliphatic carbocycles. The number of nitrogens with zero attached hydrogens (tertiary/aromatic N) is 2.